The number of carboxylic acid groups (broad SMARTS) is 1. The second kappa shape index (κ2) is 6.52. The van der Waals surface area contributed by atoms with Gasteiger partial charge in [-0.05, 0) is 6.42 Å². The minimum Gasteiger partial charge on any atom is -0.480 e. The Kier molecular flexibility index (Phi) is 6.07. The number of hydrogen-bond acceptors (Lipinski definition) is 6. The predicted molar refractivity (Wildman–Crippen MR) is 59.0 cm³/mol. The zero-order valence-corrected chi connectivity index (χ0v) is 10.1. The van der Waals surface area contributed by atoms with Crippen molar-refractivity contribution in [3.63, 3.8) is 0 Å². The Morgan fingerprint density at radius 3 is 2.29 bits per heavy atom. The third-order valence-corrected chi connectivity index (χ3v) is 2.91. The van der Waals surface area contributed by atoms with Gasteiger partial charge in [-0.15, -0.1) is 0 Å². The van der Waals surface area contributed by atoms with Crippen LogP contribution in [0.1, 0.15) is 6.42 Å². The molecule has 100 valence electrons. The number of carboxylic acids is 1. The van der Waals surface area contributed by atoms with Crippen LogP contribution in [0.4, 0.5) is 0 Å². The number of aliphatic hydroxyl groups excluding tert-OH is 1. The van der Waals surface area contributed by atoms with Crippen molar-refractivity contribution in [1.82, 2.24) is 5.32 Å². The lowest BCUT2D eigenvalue weighted by molar-refractivity contribution is -0.143. The van der Waals surface area contributed by atoms with E-state index >= 15 is 0 Å². The summed E-state index contributed by atoms with van der Waals surface area (Å²) >= 11 is 0. The number of aliphatic hydroxyl groups is 1. The van der Waals surface area contributed by atoms with Crippen molar-refractivity contribution >= 4 is 21.7 Å². The summed E-state index contributed by atoms with van der Waals surface area (Å²) in [6.45, 7) is -0.764. The molecule has 9 heteroatoms. The number of nitrogens with one attached hydrogen (secondary N) is 1. The van der Waals surface area contributed by atoms with Crippen molar-refractivity contribution < 1.29 is 28.2 Å². The van der Waals surface area contributed by atoms with Gasteiger partial charge in [-0.25, -0.2) is 13.2 Å². The highest BCUT2D eigenvalue weighted by Gasteiger charge is 2.23. The molecule has 0 rings (SSSR count). The van der Waals surface area contributed by atoms with Crippen molar-refractivity contribution in [3.8, 4) is 0 Å². The molecule has 0 spiro atoms. The van der Waals surface area contributed by atoms with Gasteiger partial charge in [0.05, 0.1) is 18.4 Å². The van der Waals surface area contributed by atoms with Crippen molar-refractivity contribution in [2.45, 2.75) is 18.5 Å². The molecule has 0 fully saturated rings. The van der Waals surface area contributed by atoms with Crippen LogP contribution in [-0.2, 0) is 19.4 Å². The van der Waals surface area contributed by atoms with Crippen LogP contribution in [0.3, 0.4) is 0 Å². The van der Waals surface area contributed by atoms with Gasteiger partial charge in [0.1, 0.15) is 15.9 Å². The normalized spacial score (nSPS) is 15.0. The lowest BCUT2D eigenvalue weighted by Crippen LogP contribution is -2.50. The molecule has 1 unspecified atom stereocenters. The van der Waals surface area contributed by atoms with Crippen LogP contribution in [0.15, 0.2) is 0 Å². The van der Waals surface area contributed by atoms with Gasteiger partial charge in [0.25, 0.3) is 0 Å². The summed E-state index contributed by atoms with van der Waals surface area (Å²) in [5.74, 6) is -2.47. The molecule has 5 N–H and O–H groups in total. The Labute approximate surface area is 98.7 Å². The standard InChI is InChI=1S/C8H16N2O6S/c1-17(15,16)3-2-5(9)7(12)10-6(4-11)8(13)14/h5-6,11H,2-4,9H2,1H3,(H,10,12)(H,13,14)/t5?,6-/m0/s1. The smallest absolute Gasteiger partial charge is 0.328 e. The second-order valence-electron chi connectivity index (χ2n) is 3.61. The highest BCUT2D eigenvalue weighted by Crippen LogP contribution is 1.95. The average molecular weight is 268 g/mol. The fraction of sp³-hybridized carbons (Fsp3) is 0.750. The van der Waals surface area contributed by atoms with E-state index in [1.54, 1.807) is 0 Å². The molecule has 0 bridgehead atoms. The number of carbonyl (C=O) groups excluding carboxylic acids is 1. The first-order chi connectivity index (χ1) is 7.67. The third-order valence-electron chi connectivity index (χ3n) is 1.93. The summed E-state index contributed by atoms with van der Waals surface area (Å²) in [6.07, 6.45) is 0.897. The first kappa shape index (κ1) is 15.8. The van der Waals surface area contributed by atoms with Crippen LogP contribution in [0.25, 0.3) is 0 Å². The van der Waals surface area contributed by atoms with E-state index in [9.17, 15) is 18.0 Å². The van der Waals surface area contributed by atoms with Crippen LogP contribution < -0.4 is 11.1 Å². The van der Waals surface area contributed by atoms with Crippen LogP contribution in [0.5, 0.6) is 0 Å². The summed E-state index contributed by atoms with van der Waals surface area (Å²) in [6, 6.07) is -2.56. The number of amides is 1. The van der Waals surface area contributed by atoms with E-state index in [-0.39, 0.29) is 12.2 Å². The molecule has 0 saturated carbocycles. The second-order valence-corrected chi connectivity index (χ2v) is 5.87. The molecule has 2 atom stereocenters. The van der Waals surface area contributed by atoms with Crippen LogP contribution >= 0.6 is 0 Å². The van der Waals surface area contributed by atoms with Crippen molar-refractivity contribution in [1.29, 1.82) is 0 Å². The fourth-order valence-corrected chi connectivity index (χ4v) is 1.62. The summed E-state index contributed by atoms with van der Waals surface area (Å²) in [4.78, 5) is 21.8. The lowest BCUT2D eigenvalue weighted by Gasteiger charge is -2.15. The topological polar surface area (TPSA) is 147 Å². The molecular weight excluding hydrogens is 252 g/mol. The maximum atomic E-state index is 11.3. The number of nitrogens with two attached hydrogens (primary N) is 1. The number of aliphatic carboxylic acids is 1. The number of sulfone groups is 1. The van der Waals surface area contributed by atoms with E-state index < -0.39 is 40.4 Å². The third kappa shape index (κ3) is 6.87. The van der Waals surface area contributed by atoms with Crippen molar-refractivity contribution in [3.05, 3.63) is 0 Å². The minimum atomic E-state index is -3.23. The minimum absolute atomic E-state index is 0.109. The van der Waals surface area contributed by atoms with E-state index in [0.717, 1.165) is 6.26 Å². The largest absolute Gasteiger partial charge is 0.480 e. The zero-order chi connectivity index (χ0) is 13.6. The Balaban J connectivity index is 4.27. The lowest BCUT2D eigenvalue weighted by atomic mass is 10.2. The Morgan fingerprint density at radius 1 is 1.41 bits per heavy atom. The SMILES string of the molecule is CS(=O)(=O)CCC(N)C(=O)N[C@@H](CO)C(=O)O. The van der Waals surface area contributed by atoms with Gasteiger partial charge in [-0.2, -0.15) is 0 Å². The summed E-state index contributed by atoms with van der Waals surface area (Å²) in [5, 5.41) is 19.2. The van der Waals surface area contributed by atoms with Crippen molar-refractivity contribution in [2.75, 3.05) is 18.6 Å². The van der Waals surface area contributed by atoms with Crippen LogP contribution in [0, 0.1) is 0 Å². The number of carbonyl (C=O) groups is 2. The first-order valence-corrected chi connectivity index (χ1v) is 6.80. The maximum absolute atomic E-state index is 11.3. The molecular formula is C8H16N2O6S. The molecule has 1 amide bonds. The van der Waals surface area contributed by atoms with E-state index in [2.05, 4.69) is 0 Å². The molecule has 0 saturated heterocycles. The van der Waals surface area contributed by atoms with Crippen LogP contribution in [0.2, 0.25) is 0 Å². The Hall–Kier alpha value is -1.19. The molecule has 0 aliphatic carbocycles. The van der Waals surface area contributed by atoms with E-state index in [1.165, 1.54) is 0 Å². The zero-order valence-electron chi connectivity index (χ0n) is 9.29. The highest BCUT2D eigenvalue weighted by molar-refractivity contribution is 7.90. The van der Waals surface area contributed by atoms with Gasteiger partial charge in [0, 0.05) is 6.26 Å². The van der Waals surface area contributed by atoms with Gasteiger partial charge in [-0.1, -0.05) is 0 Å². The summed E-state index contributed by atoms with van der Waals surface area (Å²) in [7, 11) is -3.23. The molecule has 8 nitrogen and oxygen atoms in total. The molecule has 0 aromatic heterocycles. The molecule has 0 radical (unpaired) electrons. The van der Waals surface area contributed by atoms with Gasteiger partial charge in [0.15, 0.2) is 0 Å². The Bertz CT molecular complexity index is 379. The van der Waals surface area contributed by atoms with Gasteiger partial charge >= 0.3 is 5.97 Å². The number of hydrogen-bond donors (Lipinski definition) is 4. The molecule has 0 aliphatic heterocycles. The molecule has 0 aromatic carbocycles. The van der Waals surface area contributed by atoms with Gasteiger partial charge in [-0.3, -0.25) is 4.79 Å². The van der Waals surface area contributed by atoms with E-state index in [1.807, 2.05) is 5.32 Å². The van der Waals surface area contributed by atoms with Gasteiger partial charge in [0.2, 0.25) is 5.91 Å². The summed E-state index contributed by atoms with van der Waals surface area (Å²) < 4.78 is 21.6. The van der Waals surface area contributed by atoms with Gasteiger partial charge < -0.3 is 21.3 Å². The molecule has 0 aromatic rings. The highest BCUT2D eigenvalue weighted by atomic mass is 32.2. The molecule has 0 aliphatic rings. The maximum Gasteiger partial charge on any atom is 0.328 e. The first-order valence-electron chi connectivity index (χ1n) is 4.74. The van der Waals surface area contributed by atoms with E-state index in [0.29, 0.717) is 0 Å². The quantitative estimate of drug-likeness (QED) is 0.393. The van der Waals surface area contributed by atoms with Crippen molar-refractivity contribution in [2.24, 2.45) is 5.73 Å². The monoisotopic (exact) mass is 268 g/mol. The van der Waals surface area contributed by atoms with Crippen LogP contribution in [-0.4, -0.2) is 61.2 Å². The summed E-state index contributed by atoms with van der Waals surface area (Å²) in [5.41, 5.74) is 5.38. The fourth-order valence-electron chi connectivity index (χ4n) is 0.936. The Morgan fingerprint density at radius 2 is 1.94 bits per heavy atom. The van der Waals surface area contributed by atoms with E-state index in [4.69, 9.17) is 15.9 Å². The predicted octanol–water partition coefficient (Wildman–Crippen LogP) is -2.69. The average Bonchev–Trinajstić information content (AvgIpc) is 2.20. The number of rotatable bonds is 7. The molecule has 0 heterocycles. The molecule has 17 heavy (non-hydrogen) atoms.